The number of para-hydroxylation sites is 1. The summed E-state index contributed by atoms with van der Waals surface area (Å²) >= 11 is 4.81. The molecule has 31 heavy (non-hydrogen) atoms. The van der Waals surface area contributed by atoms with E-state index in [0.29, 0.717) is 17.3 Å². The predicted octanol–water partition coefficient (Wildman–Crippen LogP) is 5.41. The normalized spacial score (nSPS) is 11.2. The van der Waals surface area contributed by atoms with Gasteiger partial charge in [-0.1, -0.05) is 35.7 Å². The average molecular weight is 474 g/mol. The first-order valence-electron chi connectivity index (χ1n) is 9.43. The summed E-state index contributed by atoms with van der Waals surface area (Å²) in [5.74, 6) is 2.66. The first kappa shape index (κ1) is 21.6. The summed E-state index contributed by atoms with van der Waals surface area (Å²) in [6.07, 6.45) is 0. The standard InChI is InChI=1S/C20H19N5O3S3/c1-3-24-18(12-30-20-21-15-6-4-5-7-17(15)31-20)22-23-19(24)29-11-13-10-14(25(26)27)8-9-16(13)28-2/h4-10H,3,11-12H2,1-2H3. The van der Waals surface area contributed by atoms with Gasteiger partial charge in [0.1, 0.15) is 11.6 Å². The molecule has 0 fully saturated rings. The van der Waals surface area contributed by atoms with Crippen molar-refractivity contribution in [3.05, 3.63) is 64.0 Å². The highest BCUT2D eigenvalue weighted by atomic mass is 32.2. The Balaban J connectivity index is 1.47. The molecule has 0 aliphatic rings. The molecule has 2 aromatic carbocycles. The topological polar surface area (TPSA) is 96.0 Å². The lowest BCUT2D eigenvalue weighted by molar-refractivity contribution is -0.384. The summed E-state index contributed by atoms with van der Waals surface area (Å²) in [7, 11) is 1.56. The minimum atomic E-state index is -0.403. The van der Waals surface area contributed by atoms with Gasteiger partial charge in [0.25, 0.3) is 5.69 Å². The van der Waals surface area contributed by atoms with E-state index in [2.05, 4.69) is 25.8 Å². The predicted molar refractivity (Wildman–Crippen MR) is 124 cm³/mol. The minimum Gasteiger partial charge on any atom is -0.496 e. The monoisotopic (exact) mass is 473 g/mol. The number of nitrogens with zero attached hydrogens (tertiary/aromatic N) is 5. The molecule has 0 saturated carbocycles. The number of fused-ring (bicyclic) bond motifs is 1. The summed E-state index contributed by atoms with van der Waals surface area (Å²) < 4.78 is 9.59. The van der Waals surface area contributed by atoms with Crippen molar-refractivity contribution in [2.75, 3.05) is 7.11 Å². The zero-order chi connectivity index (χ0) is 21.8. The lowest BCUT2D eigenvalue weighted by Crippen LogP contribution is -2.02. The van der Waals surface area contributed by atoms with Gasteiger partial charge >= 0.3 is 0 Å². The van der Waals surface area contributed by atoms with Crippen LogP contribution in [0.25, 0.3) is 10.2 Å². The van der Waals surface area contributed by atoms with Crippen molar-refractivity contribution in [3.63, 3.8) is 0 Å². The van der Waals surface area contributed by atoms with Gasteiger partial charge in [-0.3, -0.25) is 10.1 Å². The SMILES string of the molecule is CCn1c(CSc2nc3ccccc3s2)nnc1SCc1cc([N+](=O)[O-])ccc1OC. The van der Waals surface area contributed by atoms with Crippen LogP contribution in [0.4, 0.5) is 5.69 Å². The zero-order valence-corrected chi connectivity index (χ0v) is 19.3. The zero-order valence-electron chi connectivity index (χ0n) is 16.8. The van der Waals surface area contributed by atoms with Gasteiger partial charge in [0, 0.05) is 30.0 Å². The lowest BCUT2D eigenvalue weighted by Gasteiger charge is -2.09. The molecule has 0 bridgehead atoms. The van der Waals surface area contributed by atoms with Crippen LogP contribution in [0, 0.1) is 10.1 Å². The van der Waals surface area contributed by atoms with E-state index in [1.807, 2.05) is 25.1 Å². The van der Waals surface area contributed by atoms with E-state index in [4.69, 9.17) is 4.74 Å². The molecule has 8 nitrogen and oxygen atoms in total. The highest BCUT2D eigenvalue weighted by Gasteiger charge is 2.16. The fourth-order valence-electron chi connectivity index (χ4n) is 3.02. The summed E-state index contributed by atoms with van der Waals surface area (Å²) in [4.78, 5) is 15.4. The highest BCUT2D eigenvalue weighted by Crippen LogP contribution is 2.33. The number of rotatable bonds is 9. The van der Waals surface area contributed by atoms with Crippen molar-refractivity contribution in [3.8, 4) is 5.75 Å². The van der Waals surface area contributed by atoms with Crippen molar-refractivity contribution in [2.45, 2.75) is 34.5 Å². The first-order valence-corrected chi connectivity index (χ1v) is 12.2. The molecule has 0 spiro atoms. The van der Waals surface area contributed by atoms with Gasteiger partial charge < -0.3 is 9.30 Å². The van der Waals surface area contributed by atoms with Crippen LogP contribution in [0.5, 0.6) is 5.75 Å². The van der Waals surface area contributed by atoms with E-state index in [0.717, 1.165) is 32.9 Å². The van der Waals surface area contributed by atoms with Crippen molar-refractivity contribution < 1.29 is 9.66 Å². The minimum absolute atomic E-state index is 0.0429. The molecule has 2 aromatic heterocycles. The lowest BCUT2D eigenvalue weighted by atomic mass is 10.2. The van der Waals surface area contributed by atoms with Crippen molar-refractivity contribution in [1.29, 1.82) is 0 Å². The summed E-state index contributed by atoms with van der Waals surface area (Å²) in [5, 5.41) is 20.6. The number of hydrogen-bond acceptors (Lipinski definition) is 9. The average Bonchev–Trinajstić information content (AvgIpc) is 3.38. The summed E-state index contributed by atoms with van der Waals surface area (Å²) in [6.45, 7) is 2.78. The van der Waals surface area contributed by atoms with E-state index < -0.39 is 4.92 Å². The number of non-ortho nitro benzene ring substituents is 1. The summed E-state index contributed by atoms with van der Waals surface area (Å²) in [6, 6.07) is 12.7. The van der Waals surface area contributed by atoms with Crippen LogP contribution in [0.15, 0.2) is 52.0 Å². The van der Waals surface area contributed by atoms with Crippen molar-refractivity contribution in [1.82, 2.24) is 19.7 Å². The smallest absolute Gasteiger partial charge is 0.270 e. The molecule has 0 aliphatic heterocycles. The third-order valence-electron chi connectivity index (χ3n) is 4.54. The van der Waals surface area contributed by atoms with E-state index in [1.165, 1.54) is 22.5 Å². The Kier molecular flexibility index (Phi) is 6.73. The number of thioether (sulfide) groups is 2. The maximum absolute atomic E-state index is 11.1. The number of ether oxygens (including phenoxy) is 1. The van der Waals surface area contributed by atoms with Gasteiger partial charge in [0.15, 0.2) is 9.50 Å². The second kappa shape index (κ2) is 9.67. The fraction of sp³-hybridized carbons (Fsp3) is 0.250. The summed E-state index contributed by atoms with van der Waals surface area (Å²) in [5.41, 5.74) is 1.80. The van der Waals surface area contributed by atoms with Crippen molar-refractivity contribution >= 4 is 50.8 Å². The molecular weight excluding hydrogens is 454 g/mol. The third-order valence-corrected chi connectivity index (χ3v) is 7.73. The molecule has 0 saturated heterocycles. The molecule has 0 N–H and O–H groups in total. The number of benzene rings is 2. The number of methoxy groups -OCH3 is 1. The van der Waals surface area contributed by atoms with Gasteiger partial charge in [-0.15, -0.1) is 21.5 Å². The van der Waals surface area contributed by atoms with Crippen LogP contribution in [-0.2, 0) is 18.1 Å². The Labute approximate surface area is 191 Å². The van der Waals surface area contributed by atoms with Gasteiger partial charge in [-0.05, 0) is 25.1 Å². The molecule has 0 amide bonds. The Morgan fingerprint density at radius 1 is 1.16 bits per heavy atom. The molecular formula is C20H19N5O3S3. The van der Waals surface area contributed by atoms with E-state index in [-0.39, 0.29) is 5.69 Å². The van der Waals surface area contributed by atoms with Crippen LogP contribution in [-0.4, -0.2) is 31.8 Å². The number of hydrogen-bond donors (Lipinski definition) is 0. The fourth-order valence-corrected chi connectivity index (χ4v) is 6.03. The Hall–Kier alpha value is -2.63. The molecule has 160 valence electrons. The van der Waals surface area contributed by atoms with Gasteiger partial charge in [0.05, 0.1) is 28.0 Å². The molecule has 4 rings (SSSR count). The molecule has 2 heterocycles. The van der Waals surface area contributed by atoms with Gasteiger partial charge in [-0.25, -0.2) is 4.98 Å². The van der Waals surface area contributed by atoms with Crippen LogP contribution < -0.4 is 4.74 Å². The van der Waals surface area contributed by atoms with E-state index in [1.54, 1.807) is 42.3 Å². The van der Waals surface area contributed by atoms with Crippen LogP contribution in [0.1, 0.15) is 18.3 Å². The van der Waals surface area contributed by atoms with Gasteiger partial charge in [-0.2, -0.15) is 0 Å². The number of aromatic nitrogens is 4. The number of nitro groups is 1. The highest BCUT2D eigenvalue weighted by molar-refractivity contribution is 8.00. The number of thiazole rings is 1. The molecule has 0 aliphatic carbocycles. The molecule has 0 radical (unpaired) electrons. The van der Waals surface area contributed by atoms with Crippen LogP contribution in [0.3, 0.4) is 0 Å². The largest absolute Gasteiger partial charge is 0.496 e. The van der Waals surface area contributed by atoms with Crippen molar-refractivity contribution in [2.24, 2.45) is 0 Å². The third kappa shape index (κ3) is 4.83. The number of nitro benzene ring substituents is 1. The van der Waals surface area contributed by atoms with Crippen LogP contribution >= 0.6 is 34.9 Å². The molecule has 11 heteroatoms. The second-order valence-electron chi connectivity index (χ2n) is 6.42. The molecule has 0 atom stereocenters. The van der Waals surface area contributed by atoms with Gasteiger partial charge in [0.2, 0.25) is 0 Å². The van der Waals surface area contributed by atoms with Crippen LogP contribution in [0.2, 0.25) is 0 Å². The Morgan fingerprint density at radius 2 is 2.00 bits per heavy atom. The molecule has 4 aromatic rings. The van der Waals surface area contributed by atoms with E-state index in [9.17, 15) is 10.1 Å². The quantitative estimate of drug-likeness (QED) is 0.181. The maximum atomic E-state index is 11.1. The maximum Gasteiger partial charge on any atom is 0.270 e. The van der Waals surface area contributed by atoms with E-state index >= 15 is 0 Å². The molecule has 0 unspecified atom stereocenters. The Morgan fingerprint density at radius 3 is 2.74 bits per heavy atom. The first-order chi connectivity index (χ1) is 15.1. The second-order valence-corrected chi connectivity index (χ2v) is 9.62. The Bertz CT molecular complexity index is 1190.